The van der Waals surface area contributed by atoms with Gasteiger partial charge in [0.2, 0.25) is 0 Å². The van der Waals surface area contributed by atoms with Crippen molar-refractivity contribution in [3.63, 3.8) is 0 Å². The Morgan fingerprint density at radius 3 is 2.46 bits per heavy atom. The highest BCUT2D eigenvalue weighted by Crippen LogP contribution is 2.30. The fourth-order valence-electron chi connectivity index (χ4n) is 1.68. The normalized spacial score (nSPS) is 19.9. The lowest BCUT2D eigenvalue weighted by Gasteiger charge is -2.35. The van der Waals surface area contributed by atoms with Crippen LogP contribution in [0.2, 0.25) is 0 Å². The first-order chi connectivity index (χ1) is 6.02. The highest BCUT2D eigenvalue weighted by atomic mass is 35.5. The van der Waals surface area contributed by atoms with Gasteiger partial charge in [0.1, 0.15) is 5.60 Å². The molecule has 0 unspecified atom stereocenters. The minimum Gasteiger partial charge on any atom is -0.447 e. The first kappa shape index (κ1) is 10.8. The Bertz CT molecular complexity index is 185. The fourth-order valence-corrected chi connectivity index (χ4v) is 1.88. The predicted molar refractivity (Wildman–Crippen MR) is 50.0 cm³/mol. The molecule has 1 saturated heterocycles. The molecule has 3 nitrogen and oxygen atoms in total. The maximum atomic E-state index is 10.6. The van der Waals surface area contributed by atoms with Gasteiger partial charge in [0.15, 0.2) is 0 Å². The van der Waals surface area contributed by atoms with Crippen molar-refractivity contribution in [1.82, 2.24) is 0 Å². The van der Waals surface area contributed by atoms with Crippen molar-refractivity contribution < 1.29 is 14.3 Å². The summed E-state index contributed by atoms with van der Waals surface area (Å²) < 4.78 is 10.3. The van der Waals surface area contributed by atoms with E-state index in [-0.39, 0.29) is 0 Å². The van der Waals surface area contributed by atoms with Crippen LogP contribution in [0.25, 0.3) is 0 Å². The van der Waals surface area contributed by atoms with Gasteiger partial charge in [-0.3, -0.25) is 0 Å². The molecule has 0 bridgehead atoms. The summed E-state index contributed by atoms with van der Waals surface area (Å²) in [4.78, 5) is 10.6. The Labute approximate surface area is 83.3 Å². The van der Waals surface area contributed by atoms with E-state index in [4.69, 9.17) is 21.1 Å². The number of hydrogen-bond donors (Lipinski definition) is 0. The lowest BCUT2D eigenvalue weighted by atomic mass is 9.84. The molecule has 13 heavy (non-hydrogen) atoms. The van der Waals surface area contributed by atoms with Crippen LogP contribution >= 0.6 is 11.6 Å². The van der Waals surface area contributed by atoms with Crippen LogP contribution in [0.1, 0.15) is 26.7 Å². The second-order valence-corrected chi connectivity index (χ2v) is 4.14. The molecule has 0 aromatic heterocycles. The molecule has 1 fully saturated rings. The topological polar surface area (TPSA) is 35.5 Å². The highest BCUT2D eigenvalue weighted by Gasteiger charge is 2.33. The average molecular weight is 207 g/mol. The van der Waals surface area contributed by atoms with Crippen LogP contribution in [0.5, 0.6) is 0 Å². The molecule has 1 rings (SSSR count). The molecule has 1 aliphatic heterocycles. The van der Waals surface area contributed by atoms with Crippen molar-refractivity contribution in [2.24, 2.45) is 5.92 Å². The van der Waals surface area contributed by atoms with Gasteiger partial charge in [0, 0.05) is 30.7 Å². The molecule has 0 aromatic carbocycles. The molecule has 0 N–H and O–H groups in total. The third-order valence-corrected chi connectivity index (χ3v) is 2.62. The van der Waals surface area contributed by atoms with Gasteiger partial charge in [-0.05, 0) is 26.7 Å². The summed E-state index contributed by atoms with van der Waals surface area (Å²) in [5.74, 6) is 0.351. The van der Waals surface area contributed by atoms with Crippen molar-refractivity contribution in [3.05, 3.63) is 0 Å². The van der Waals surface area contributed by atoms with E-state index in [0.29, 0.717) is 5.92 Å². The van der Waals surface area contributed by atoms with Gasteiger partial charge in [0.05, 0.1) is 0 Å². The summed E-state index contributed by atoms with van der Waals surface area (Å²) in [6.07, 6.45) is 1.86. The lowest BCUT2D eigenvalue weighted by Crippen LogP contribution is -2.38. The quantitative estimate of drug-likeness (QED) is 0.652. The first-order valence-electron chi connectivity index (χ1n) is 4.48. The summed E-state index contributed by atoms with van der Waals surface area (Å²) in [7, 11) is 0. The molecule has 0 spiro atoms. The molecular weight excluding hydrogens is 192 g/mol. The van der Waals surface area contributed by atoms with Gasteiger partial charge in [0.25, 0.3) is 0 Å². The maximum Gasteiger partial charge on any atom is 0.404 e. The zero-order valence-corrected chi connectivity index (χ0v) is 8.76. The number of ether oxygens (including phenoxy) is 2. The van der Waals surface area contributed by atoms with Crippen LogP contribution in [0.15, 0.2) is 0 Å². The predicted octanol–water partition coefficient (Wildman–Crippen LogP) is 2.57. The molecule has 0 radical (unpaired) electrons. The van der Waals surface area contributed by atoms with Crippen molar-refractivity contribution in [2.45, 2.75) is 32.3 Å². The molecule has 76 valence electrons. The molecule has 0 aliphatic carbocycles. The van der Waals surface area contributed by atoms with Crippen LogP contribution in [0.4, 0.5) is 4.79 Å². The summed E-state index contributed by atoms with van der Waals surface area (Å²) in [6, 6.07) is 0. The SMILES string of the molecule is CC(C)(OC(=O)Cl)C1CCOCC1. The first-order valence-corrected chi connectivity index (χ1v) is 4.86. The molecular formula is C9H15ClO3. The summed E-state index contributed by atoms with van der Waals surface area (Å²) >= 11 is 5.19. The van der Waals surface area contributed by atoms with Gasteiger partial charge in [-0.25, -0.2) is 4.79 Å². The lowest BCUT2D eigenvalue weighted by molar-refractivity contribution is -0.0432. The number of hydrogen-bond acceptors (Lipinski definition) is 3. The Morgan fingerprint density at radius 1 is 1.46 bits per heavy atom. The molecule has 4 heteroatoms. The van der Waals surface area contributed by atoms with Crippen LogP contribution in [0.3, 0.4) is 0 Å². The van der Waals surface area contributed by atoms with E-state index in [1.54, 1.807) is 0 Å². The third-order valence-electron chi connectivity index (χ3n) is 2.55. The molecule has 1 aliphatic rings. The van der Waals surface area contributed by atoms with E-state index in [0.717, 1.165) is 26.1 Å². The Kier molecular flexibility index (Phi) is 3.56. The van der Waals surface area contributed by atoms with Gasteiger partial charge in [-0.2, -0.15) is 0 Å². The monoisotopic (exact) mass is 206 g/mol. The fraction of sp³-hybridized carbons (Fsp3) is 0.889. The summed E-state index contributed by atoms with van der Waals surface area (Å²) in [5, 5.41) is 0. The zero-order valence-electron chi connectivity index (χ0n) is 8.01. The van der Waals surface area contributed by atoms with Gasteiger partial charge >= 0.3 is 5.43 Å². The maximum absolute atomic E-state index is 10.6. The van der Waals surface area contributed by atoms with Gasteiger partial charge in [-0.15, -0.1) is 0 Å². The van der Waals surface area contributed by atoms with E-state index >= 15 is 0 Å². The Morgan fingerprint density at radius 2 is 2.00 bits per heavy atom. The number of carbonyl (C=O) groups excluding carboxylic acids is 1. The summed E-state index contributed by atoms with van der Waals surface area (Å²) in [5.41, 5.74) is -1.20. The molecule has 0 aromatic rings. The van der Waals surface area contributed by atoms with Crippen molar-refractivity contribution in [1.29, 1.82) is 0 Å². The van der Waals surface area contributed by atoms with Crippen LogP contribution in [0, 0.1) is 5.92 Å². The van der Waals surface area contributed by atoms with E-state index in [1.165, 1.54) is 0 Å². The van der Waals surface area contributed by atoms with E-state index < -0.39 is 11.0 Å². The number of carbonyl (C=O) groups is 1. The Hall–Kier alpha value is -0.280. The number of halogens is 1. The molecule has 0 saturated carbocycles. The highest BCUT2D eigenvalue weighted by molar-refractivity contribution is 6.61. The van der Waals surface area contributed by atoms with E-state index in [1.807, 2.05) is 13.8 Å². The van der Waals surface area contributed by atoms with Gasteiger partial charge in [-0.1, -0.05) is 0 Å². The van der Waals surface area contributed by atoms with Crippen LogP contribution < -0.4 is 0 Å². The third kappa shape index (κ3) is 3.16. The van der Waals surface area contributed by atoms with E-state index in [2.05, 4.69) is 0 Å². The Balaban J connectivity index is 2.50. The smallest absolute Gasteiger partial charge is 0.404 e. The minimum absolute atomic E-state index is 0.351. The van der Waals surface area contributed by atoms with Crippen molar-refractivity contribution in [2.75, 3.05) is 13.2 Å². The largest absolute Gasteiger partial charge is 0.447 e. The van der Waals surface area contributed by atoms with Gasteiger partial charge < -0.3 is 9.47 Å². The van der Waals surface area contributed by atoms with Crippen LogP contribution in [-0.2, 0) is 9.47 Å². The number of rotatable bonds is 2. The average Bonchev–Trinajstić information content (AvgIpc) is 2.04. The summed E-state index contributed by atoms with van der Waals surface area (Å²) in [6.45, 7) is 5.27. The second-order valence-electron chi connectivity index (χ2n) is 3.83. The second kappa shape index (κ2) is 4.29. The zero-order chi connectivity index (χ0) is 9.90. The van der Waals surface area contributed by atoms with Crippen LogP contribution in [-0.4, -0.2) is 24.2 Å². The molecule has 0 atom stereocenters. The van der Waals surface area contributed by atoms with Crippen molar-refractivity contribution >= 4 is 17.0 Å². The van der Waals surface area contributed by atoms with E-state index in [9.17, 15) is 4.79 Å². The van der Waals surface area contributed by atoms with Crippen molar-refractivity contribution in [3.8, 4) is 0 Å². The molecule has 0 amide bonds. The standard InChI is InChI=1S/C9H15ClO3/c1-9(2,13-8(10)11)7-3-5-12-6-4-7/h7H,3-6H2,1-2H3. The molecule has 1 heterocycles. The minimum atomic E-state index is -0.725.